The van der Waals surface area contributed by atoms with Crippen LogP contribution in [-0.2, 0) is 0 Å². The number of anilines is 2. The van der Waals surface area contributed by atoms with Crippen molar-refractivity contribution in [2.45, 2.75) is 0 Å². The summed E-state index contributed by atoms with van der Waals surface area (Å²) < 4.78 is 5.13. The van der Waals surface area contributed by atoms with Crippen molar-refractivity contribution in [3.8, 4) is 11.1 Å². The van der Waals surface area contributed by atoms with Gasteiger partial charge in [-0.15, -0.1) is 0 Å². The van der Waals surface area contributed by atoms with E-state index in [4.69, 9.17) is 27.6 Å². The Hall–Kier alpha value is -2.20. The van der Waals surface area contributed by atoms with Crippen LogP contribution in [0.25, 0.3) is 22.1 Å². The highest BCUT2D eigenvalue weighted by Crippen LogP contribution is 2.36. The Labute approximate surface area is 108 Å². The van der Waals surface area contributed by atoms with Crippen molar-refractivity contribution in [3.63, 3.8) is 0 Å². The Morgan fingerprint density at radius 3 is 2.67 bits per heavy atom. The molecule has 4 nitrogen and oxygen atoms in total. The Bertz CT molecular complexity index is 736. The molecule has 0 unspecified atom stereocenters. The first-order chi connectivity index (χ1) is 8.66. The molecule has 0 bridgehead atoms. The molecule has 3 rings (SSSR count). The first-order valence-corrected chi connectivity index (χ1v) is 5.74. The van der Waals surface area contributed by atoms with Crippen molar-refractivity contribution in [1.82, 2.24) is 5.16 Å². The minimum Gasteiger partial charge on any atom is -0.399 e. The van der Waals surface area contributed by atoms with E-state index in [1.165, 1.54) is 0 Å². The predicted molar refractivity (Wildman–Crippen MR) is 73.3 cm³/mol. The lowest BCUT2D eigenvalue weighted by Gasteiger charge is -2.06. The van der Waals surface area contributed by atoms with Crippen LogP contribution in [0, 0.1) is 0 Å². The Morgan fingerprint density at radius 2 is 1.89 bits per heavy atom. The van der Waals surface area contributed by atoms with E-state index in [1.54, 1.807) is 12.1 Å². The molecule has 1 aromatic heterocycles. The van der Waals surface area contributed by atoms with Gasteiger partial charge in [-0.1, -0.05) is 35.0 Å². The second kappa shape index (κ2) is 3.92. The summed E-state index contributed by atoms with van der Waals surface area (Å²) >= 11 is 6.21. The molecular weight excluding hydrogens is 250 g/mol. The van der Waals surface area contributed by atoms with E-state index in [9.17, 15) is 0 Å². The summed E-state index contributed by atoms with van der Waals surface area (Å²) in [5.74, 6) is 0.355. The second-order valence-corrected chi connectivity index (χ2v) is 4.39. The lowest BCUT2D eigenvalue weighted by atomic mass is 10.0. The molecule has 0 aliphatic rings. The molecule has 2 aromatic carbocycles. The van der Waals surface area contributed by atoms with Gasteiger partial charge in [0.25, 0.3) is 0 Å². The number of hydrogen-bond donors (Lipinski definition) is 2. The van der Waals surface area contributed by atoms with Gasteiger partial charge in [0.2, 0.25) is 0 Å². The van der Waals surface area contributed by atoms with Crippen molar-refractivity contribution in [1.29, 1.82) is 0 Å². The summed E-state index contributed by atoms with van der Waals surface area (Å²) in [6.45, 7) is 0. The number of benzene rings is 2. The molecule has 0 saturated carbocycles. The van der Waals surface area contributed by atoms with Crippen LogP contribution in [-0.4, -0.2) is 5.16 Å². The minimum atomic E-state index is 0.355. The van der Waals surface area contributed by atoms with Crippen LogP contribution < -0.4 is 11.5 Å². The molecule has 0 spiro atoms. The van der Waals surface area contributed by atoms with E-state index in [0.717, 1.165) is 16.5 Å². The first-order valence-electron chi connectivity index (χ1n) is 5.36. The van der Waals surface area contributed by atoms with Gasteiger partial charge in [-0.25, -0.2) is 0 Å². The third-order valence-corrected chi connectivity index (χ3v) is 3.12. The van der Waals surface area contributed by atoms with E-state index in [0.29, 0.717) is 22.1 Å². The molecule has 18 heavy (non-hydrogen) atoms. The fraction of sp³-hybridized carbons (Fsp3) is 0. The van der Waals surface area contributed by atoms with Crippen molar-refractivity contribution in [3.05, 3.63) is 41.4 Å². The third-order valence-electron chi connectivity index (χ3n) is 2.81. The number of nitrogens with two attached hydrogens (primary N) is 2. The third kappa shape index (κ3) is 1.58. The van der Waals surface area contributed by atoms with Gasteiger partial charge in [-0.05, 0) is 23.8 Å². The van der Waals surface area contributed by atoms with Crippen molar-refractivity contribution >= 4 is 34.1 Å². The summed E-state index contributed by atoms with van der Waals surface area (Å²) in [4.78, 5) is 0. The number of halogens is 1. The molecule has 1 heterocycles. The zero-order valence-electron chi connectivity index (χ0n) is 9.35. The first kappa shape index (κ1) is 10.9. The highest BCUT2D eigenvalue weighted by molar-refractivity contribution is 6.34. The van der Waals surface area contributed by atoms with Crippen LogP contribution in [0.5, 0.6) is 0 Å². The Balaban J connectivity index is 2.34. The van der Waals surface area contributed by atoms with Crippen LogP contribution in [0.15, 0.2) is 40.9 Å². The van der Waals surface area contributed by atoms with Gasteiger partial charge in [0, 0.05) is 11.3 Å². The molecule has 4 N–H and O–H groups in total. The minimum absolute atomic E-state index is 0.355. The maximum absolute atomic E-state index is 6.21. The zero-order valence-corrected chi connectivity index (χ0v) is 10.1. The van der Waals surface area contributed by atoms with Gasteiger partial charge in [0.05, 0.1) is 10.4 Å². The standard InChI is InChI=1S/C13H10ClN3O/c14-10-6-7(15)4-5-8(10)9-2-1-3-11-12(9)13(16)17-18-11/h1-6H,15H2,(H2,16,17). The quantitative estimate of drug-likeness (QED) is 0.657. The monoisotopic (exact) mass is 259 g/mol. The topological polar surface area (TPSA) is 78.1 Å². The summed E-state index contributed by atoms with van der Waals surface area (Å²) in [6.07, 6.45) is 0. The van der Waals surface area contributed by atoms with Crippen LogP contribution in [0.3, 0.4) is 0 Å². The average molecular weight is 260 g/mol. The van der Waals surface area contributed by atoms with Crippen molar-refractivity contribution < 1.29 is 4.52 Å². The number of rotatable bonds is 1. The number of nitrogen functional groups attached to an aromatic ring is 2. The molecule has 0 amide bonds. The number of nitrogens with zero attached hydrogens (tertiary/aromatic N) is 1. The summed E-state index contributed by atoms with van der Waals surface area (Å²) in [5.41, 5.74) is 14.5. The lowest BCUT2D eigenvalue weighted by Crippen LogP contribution is -1.89. The maximum Gasteiger partial charge on any atom is 0.175 e. The molecule has 0 fully saturated rings. The van der Waals surface area contributed by atoms with Crippen LogP contribution >= 0.6 is 11.6 Å². The van der Waals surface area contributed by atoms with Crippen LogP contribution in [0.2, 0.25) is 5.02 Å². The van der Waals surface area contributed by atoms with Gasteiger partial charge < -0.3 is 16.0 Å². The molecular formula is C13H10ClN3O. The molecule has 0 aliphatic carbocycles. The zero-order chi connectivity index (χ0) is 12.7. The van der Waals surface area contributed by atoms with Crippen LogP contribution in [0.4, 0.5) is 11.5 Å². The second-order valence-electron chi connectivity index (χ2n) is 3.99. The summed E-state index contributed by atoms with van der Waals surface area (Å²) in [7, 11) is 0. The highest BCUT2D eigenvalue weighted by atomic mass is 35.5. The number of fused-ring (bicyclic) bond motifs is 1. The Kier molecular flexibility index (Phi) is 2.38. The van der Waals surface area contributed by atoms with E-state index in [2.05, 4.69) is 5.16 Å². The molecule has 0 saturated heterocycles. The lowest BCUT2D eigenvalue weighted by molar-refractivity contribution is 0.460. The van der Waals surface area contributed by atoms with Gasteiger partial charge in [0.1, 0.15) is 0 Å². The van der Waals surface area contributed by atoms with E-state index < -0.39 is 0 Å². The fourth-order valence-corrected chi connectivity index (χ4v) is 2.28. The smallest absolute Gasteiger partial charge is 0.175 e. The predicted octanol–water partition coefficient (Wildman–Crippen LogP) is 3.31. The molecule has 0 radical (unpaired) electrons. The summed E-state index contributed by atoms with van der Waals surface area (Å²) in [5, 5.41) is 5.10. The van der Waals surface area contributed by atoms with E-state index >= 15 is 0 Å². The largest absolute Gasteiger partial charge is 0.399 e. The number of aromatic nitrogens is 1. The average Bonchev–Trinajstić information content (AvgIpc) is 2.72. The normalized spacial score (nSPS) is 10.9. The highest BCUT2D eigenvalue weighted by Gasteiger charge is 2.13. The maximum atomic E-state index is 6.21. The van der Waals surface area contributed by atoms with Crippen molar-refractivity contribution in [2.75, 3.05) is 11.5 Å². The SMILES string of the molecule is Nc1ccc(-c2cccc3onc(N)c23)c(Cl)c1. The van der Waals surface area contributed by atoms with Crippen LogP contribution in [0.1, 0.15) is 0 Å². The van der Waals surface area contributed by atoms with E-state index in [1.807, 2.05) is 24.3 Å². The number of hydrogen-bond acceptors (Lipinski definition) is 4. The fourth-order valence-electron chi connectivity index (χ4n) is 1.99. The van der Waals surface area contributed by atoms with Gasteiger partial charge in [0.15, 0.2) is 11.4 Å². The summed E-state index contributed by atoms with van der Waals surface area (Å²) in [6, 6.07) is 11.0. The molecule has 90 valence electrons. The molecule has 0 atom stereocenters. The Morgan fingerprint density at radius 1 is 1.06 bits per heavy atom. The van der Waals surface area contributed by atoms with Gasteiger partial charge in [-0.3, -0.25) is 0 Å². The molecule has 0 aliphatic heterocycles. The molecule has 3 aromatic rings. The van der Waals surface area contributed by atoms with Crippen molar-refractivity contribution in [2.24, 2.45) is 0 Å². The van der Waals surface area contributed by atoms with Gasteiger partial charge >= 0.3 is 0 Å². The van der Waals surface area contributed by atoms with Gasteiger partial charge in [-0.2, -0.15) is 0 Å². The molecule has 5 heteroatoms. The van der Waals surface area contributed by atoms with E-state index in [-0.39, 0.29) is 0 Å².